The average molecular weight is 317 g/mol. The average Bonchev–Trinajstić information content (AvgIpc) is 2.58. The van der Waals surface area contributed by atoms with Gasteiger partial charge in [-0.25, -0.2) is 0 Å². The molecule has 1 saturated carbocycles. The second kappa shape index (κ2) is 6.70. The van der Waals surface area contributed by atoms with E-state index in [1.54, 1.807) is 6.07 Å². The van der Waals surface area contributed by atoms with Gasteiger partial charge in [-0.3, -0.25) is 4.79 Å². The molecule has 2 aromatic rings. The first kappa shape index (κ1) is 15.4. The van der Waals surface area contributed by atoms with Crippen LogP contribution in [0.5, 0.6) is 5.75 Å². The summed E-state index contributed by atoms with van der Waals surface area (Å²) in [6.45, 7) is 2.26. The summed E-state index contributed by atoms with van der Waals surface area (Å²) in [4.78, 5) is 10.9. The molecule has 2 aromatic carbocycles. The molecule has 22 heavy (non-hydrogen) atoms. The Bertz CT molecular complexity index is 672. The number of fused-ring (bicyclic) bond motifs is 1. The molecule has 0 N–H and O–H groups in total. The Morgan fingerprint density at radius 3 is 2.59 bits per heavy atom. The zero-order chi connectivity index (χ0) is 15.5. The van der Waals surface area contributed by atoms with Crippen LogP contribution in [0, 0.1) is 5.92 Å². The number of carbonyl (C=O) groups is 1. The van der Waals surface area contributed by atoms with Gasteiger partial charge in [0.05, 0.1) is 11.1 Å². The van der Waals surface area contributed by atoms with Crippen LogP contribution in [0.15, 0.2) is 30.3 Å². The minimum absolute atomic E-state index is 0.256. The van der Waals surface area contributed by atoms with Crippen molar-refractivity contribution in [2.75, 3.05) is 0 Å². The van der Waals surface area contributed by atoms with E-state index in [-0.39, 0.29) is 6.10 Å². The second-order valence-electron chi connectivity index (χ2n) is 6.14. The van der Waals surface area contributed by atoms with Crippen molar-refractivity contribution in [2.24, 2.45) is 5.92 Å². The summed E-state index contributed by atoms with van der Waals surface area (Å²) in [6, 6.07) is 9.49. The highest BCUT2D eigenvalue weighted by Gasteiger charge is 2.22. The van der Waals surface area contributed by atoms with E-state index in [2.05, 4.69) is 6.92 Å². The molecule has 3 heteroatoms. The fourth-order valence-electron chi connectivity index (χ4n) is 3.28. The van der Waals surface area contributed by atoms with E-state index in [0.29, 0.717) is 10.6 Å². The van der Waals surface area contributed by atoms with Gasteiger partial charge in [0.15, 0.2) is 0 Å². The van der Waals surface area contributed by atoms with Crippen molar-refractivity contribution in [1.82, 2.24) is 0 Å². The zero-order valence-electron chi connectivity index (χ0n) is 12.8. The van der Waals surface area contributed by atoms with E-state index in [0.717, 1.165) is 41.6 Å². The molecule has 1 aliphatic carbocycles. The molecular weight excluding hydrogens is 296 g/mol. The second-order valence-corrected chi connectivity index (χ2v) is 6.52. The smallest absolute Gasteiger partial charge is 0.150 e. The lowest BCUT2D eigenvalue weighted by Crippen LogP contribution is -2.24. The van der Waals surface area contributed by atoms with Gasteiger partial charge < -0.3 is 4.74 Å². The predicted octanol–water partition coefficient (Wildman–Crippen LogP) is 5.65. The van der Waals surface area contributed by atoms with Crippen molar-refractivity contribution >= 4 is 28.7 Å². The molecule has 116 valence electrons. The van der Waals surface area contributed by atoms with E-state index in [4.69, 9.17) is 16.3 Å². The van der Waals surface area contributed by atoms with Crippen LogP contribution in [0.3, 0.4) is 0 Å². The molecule has 0 amide bonds. The lowest BCUT2D eigenvalue weighted by atomic mass is 9.86. The van der Waals surface area contributed by atoms with Crippen molar-refractivity contribution in [3.05, 3.63) is 40.9 Å². The molecule has 1 fully saturated rings. The Morgan fingerprint density at radius 1 is 1.18 bits per heavy atom. The molecule has 0 aliphatic heterocycles. The maximum Gasteiger partial charge on any atom is 0.150 e. The number of rotatable bonds is 4. The highest BCUT2D eigenvalue weighted by atomic mass is 35.5. The third-order valence-electron chi connectivity index (χ3n) is 4.75. The summed E-state index contributed by atoms with van der Waals surface area (Å²) in [7, 11) is 0. The summed E-state index contributed by atoms with van der Waals surface area (Å²) in [6.07, 6.45) is 7.03. The van der Waals surface area contributed by atoms with Gasteiger partial charge in [-0.05, 0) is 49.1 Å². The minimum atomic E-state index is 0.256. The first-order chi connectivity index (χ1) is 10.7. The summed E-state index contributed by atoms with van der Waals surface area (Å²) in [5.41, 5.74) is 0.634. The molecule has 0 unspecified atom stereocenters. The predicted molar refractivity (Wildman–Crippen MR) is 91.0 cm³/mol. The van der Waals surface area contributed by atoms with Gasteiger partial charge in [-0.15, -0.1) is 0 Å². The summed E-state index contributed by atoms with van der Waals surface area (Å²) in [5, 5.41) is 2.52. The molecule has 0 spiro atoms. The lowest BCUT2D eigenvalue weighted by molar-refractivity contribution is 0.112. The molecule has 0 atom stereocenters. The molecule has 0 radical (unpaired) electrons. The van der Waals surface area contributed by atoms with Crippen LogP contribution in [0.25, 0.3) is 10.8 Å². The quantitative estimate of drug-likeness (QED) is 0.681. The van der Waals surface area contributed by atoms with Gasteiger partial charge in [0.25, 0.3) is 0 Å². The van der Waals surface area contributed by atoms with Crippen molar-refractivity contribution in [3.8, 4) is 5.75 Å². The van der Waals surface area contributed by atoms with Crippen LogP contribution in [-0.4, -0.2) is 12.4 Å². The Balaban J connectivity index is 1.82. The standard InChI is InChI=1S/C19H21ClO2/c1-2-13-4-8-16(9-5-13)22-18-10-7-15-6-3-14(12-21)11-17(15)19(18)20/h3,6-7,10-13,16H,2,4-5,8-9H2,1H3. The molecular formula is C19H21ClO2. The summed E-state index contributed by atoms with van der Waals surface area (Å²) in [5.74, 6) is 1.58. The Labute approximate surface area is 136 Å². The number of hydrogen-bond donors (Lipinski definition) is 0. The van der Waals surface area contributed by atoms with Crippen LogP contribution in [0.2, 0.25) is 5.02 Å². The molecule has 0 aromatic heterocycles. The van der Waals surface area contributed by atoms with Gasteiger partial charge in [0, 0.05) is 10.9 Å². The number of benzene rings is 2. The maximum absolute atomic E-state index is 10.9. The molecule has 2 nitrogen and oxygen atoms in total. The topological polar surface area (TPSA) is 26.3 Å². The van der Waals surface area contributed by atoms with Crippen LogP contribution in [0.1, 0.15) is 49.4 Å². The molecule has 0 bridgehead atoms. The first-order valence-electron chi connectivity index (χ1n) is 8.05. The summed E-state index contributed by atoms with van der Waals surface area (Å²) < 4.78 is 6.14. The van der Waals surface area contributed by atoms with Crippen molar-refractivity contribution in [2.45, 2.75) is 45.1 Å². The van der Waals surface area contributed by atoms with Gasteiger partial charge >= 0.3 is 0 Å². The van der Waals surface area contributed by atoms with E-state index >= 15 is 0 Å². The SMILES string of the molecule is CCC1CCC(Oc2ccc3ccc(C=O)cc3c2Cl)CC1. The third-order valence-corrected chi connectivity index (χ3v) is 5.14. The van der Waals surface area contributed by atoms with Crippen molar-refractivity contribution in [3.63, 3.8) is 0 Å². The number of halogens is 1. The normalized spacial score (nSPS) is 21.7. The van der Waals surface area contributed by atoms with Crippen LogP contribution >= 0.6 is 11.6 Å². The van der Waals surface area contributed by atoms with E-state index < -0.39 is 0 Å². The number of ether oxygens (including phenoxy) is 1. The molecule has 0 saturated heterocycles. The Kier molecular flexibility index (Phi) is 4.68. The van der Waals surface area contributed by atoms with Crippen LogP contribution < -0.4 is 4.74 Å². The van der Waals surface area contributed by atoms with Gasteiger partial charge in [-0.1, -0.05) is 43.1 Å². The van der Waals surface area contributed by atoms with Crippen LogP contribution in [-0.2, 0) is 0 Å². The van der Waals surface area contributed by atoms with E-state index in [1.807, 2.05) is 24.3 Å². The first-order valence-corrected chi connectivity index (χ1v) is 8.43. The van der Waals surface area contributed by atoms with Gasteiger partial charge in [0.1, 0.15) is 12.0 Å². The largest absolute Gasteiger partial charge is 0.489 e. The van der Waals surface area contributed by atoms with Crippen LogP contribution in [0.4, 0.5) is 0 Å². The van der Waals surface area contributed by atoms with E-state index in [9.17, 15) is 4.79 Å². The lowest BCUT2D eigenvalue weighted by Gasteiger charge is -2.28. The third kappa shape index (κ3) is 3.12. The van der Waals surface area contributed by atoms with Gasteiger partial charge in [0.2, 0.25) is 0 Å². The molecule has 1 aliphatic rings. The van der Waals surface area contributed by atoms with Crippen molar-refractivity contribution < 1.29 is 9.53 Å². The molecule has 0 heterocycles. The zero-order valence-corrected chi connectivity index (χ0v) is 13.6. The number of aldehydes is 1. The minimum Gasteiger partial charge on any atom is -0.489 e. The van der Waals surface area contributed by atoms with Gasteiger partial charge in [-0.2, -0.15) is 0 Å². The molecule has 3 rings (SSSR count). The number of carbonyl (C=O) groups excluding carboxylic acids is 1. The highest BCUT2D eigenvalue weighted by Crippen LogP contribution is 2.36. The maximum atomic E-state index is 10.9. The Hall–Kier alpha value is -1.54. The highest BCUT2D eigenvalue weighted by molar-refractivity contribution is 6.37. The van der Waals surface area contributed by atoms with Crippen molar-refractivity contribution in [1.29, 1.82) is 0 Å². The fourth-order valence-corrected chi connectivity index (χ4v) is 3.55. The number of hydrogen-bond acceptors (Lipinski definition) is 2. The monoisotopic (exact) mass is 316 g/mol. The fraction of sp³-hybridized carbons (Fsp3) is 0.421. The van der Waals surface area contributed by atoms with E-state index in [1.165, 1.54) is 19.3 Å². The summed E-state index contributed by atoms with van der Waals surface area (Å²) >= 11 is 6.50. The Morgan fingerprint density at radius 2 is 1.91 bits per heavy atom.